The van der Waals surface area contributed by atoms with Crippen molar-refractivity contribution in [2.24, 2.45) is 0 Å². The summed E-state index contributed by atoms with van der Waals surface area (Å²) in [5.41, 5.74) is 6.36. The molecular formula is C21H21FN2O3. The third-order valence-corrected chi connectivity index (χ3v) is 5.02. The topological polar surface area (TPSA) is 54.7 Å². The lowest BCUT2D eigenvalue weighted by atomic mass is 10.0. The average molecular weight is 368 g/mol. The summed E-state index contributed by atoms with van der Waals surface area (Å²) in [6.45, 7) is 0.987. The molecule has 2 heterocycles. The Bertz CT molecular complexity index is 995. The number of nitrogens with zero attached hydrogens (tertiary/aromatic N) is 1. The van der Waals surface area contributed by atoms with Gasteiger partial charge in [0.25, 0.3) is 5.91 Å². The summed E-state index contributed by atoms with van der Waals surface area (Å²) in [5.74, 6) is -0.328. The van der Waals surface area contributed by atoms with Crippen molar-refractivity contribution in [1.82, 2.24) is 5.48 Å². The molecule has 0 saturated carbocycles. The van der Waals surface area contributed by atoms with Gasteiger partial charge in [-0.25, -0.2) is 9.87 Å². The summed E-state index contributed by atoms with van der Waals surface area (Å²) in [6.07, 6.45) is 3.19. The highest BCUT2D eigenvalue weighted by molar-refractivity contribution is 6.11. The molecule has 0 radical (unpaired) electrons. The van der Waals surface area contributed by atoms with E-state index in [-0.39, 0.29) is 5.82 Å². The van der Waals surface area contributed by atoms with Gasteiger partial charge in [-0.2, -0.15) is 0 Å². The van der Waals surface area contributed by atoms with E-state index in [0.717, 1.165) is 36.9 Å². The van der Waals surface area contributed by atoms with Gasteiger partial charge in [-0.3, -0.25) is 9.63 Å². The third kappa shape index (κ3) is 3.17. The van der Waals surface area contributed by atoms with Gasteiger partial charge in [-0.15, -0.1) is 0 Å². The number of hydrogen-bond acceptors (Lipinski definition) is 4. The molecule has 5 nitrogen and oxygen atoms in total. The summed E-state index contributed by atoms with van der Waals surface area (Å²) in [7, 11) is 3.46. The Balaban J connectivity index is 1.95. The predicted octanol–water partition coefficient (Wildman–Crippen LogP) is 4.30. The number of fused-ring (bicyclic) bond motifs is 2. The van der Waals surface area contributed by atoms with E-state index in [1.54, 1.807) is 12.1 Å². The quantitative estimate of drug-likeness (QED) is 0.700. The number of rotatable bonds is 3. The van der Waals surface area contributed by atoms with Crippen molar-refractivity contribution < 1.29 is 18.4 Å². The Labute approximate surface area is 156 Å². The Hall–Kier alpha value is -2.86. The highest BCUT2D eigenvalue weighted by Crippen LogP contribution is 2.38. The number of nitrogens with one attached hydrogen (secondary N) is 1. The summed E-state index contributed by atoms with van der Waals surface area (Å²) in [6, 6.07) is 9.94. The van der Waals surface area contributed by atoms with Crippen molar-refractivity contribution in [3.05, 3.63) is 53.3 Å². The number of hydrogen-bond donors (Lipinski definition) is 1. The van der Waals surface area contributed by atoms with Crippen LogP contribution < -0.4 is 10.4 Å². The van der Waals surface area contributed by atoms with Gasteiger partial charge < -0.3 is 9.32 Å². The second-order valence-corrected chi connectivity index (χ2v) is 6.80. The fourth-order valence-electron chi connectivity index (χ4n) is 3.69. The number of aryl methyl sites for hydroxylation is 1. The van der Waals surface area contributed by atoms with Crippen LogP contribution in [0.15, 0.2) is 40.8 Å². The fraction of sp³-hybridized carbons (Fsp3) is 0.286. The van der Waals surface area contributed by atoms with Crippen LogP contribution in [0.5, 0.6) is 0 Å². The maximum absolute atomic E-state index is 13.3. The molecule has 3 aromatic rings. The molecule has 27 heavy (non-hydrogen) atoms. The van der Waals surface area contributed by atoms with Gasteiger partial charge in [0, 0.05) is 36.3 Å². The monoisotopic (exact) mass is 368 g/mol. The minimum absolute atomic E-state index is 0.342. The number of halogens is 1. The second kappa shape index (κ2) is 7.04. The second-order valence-electron chi connectivity index (χ2n) is 6.80. The zero-order valence-electron chi connectivity index (χ0n) is 15.3. The summed E-state index contributed by atoms with van der Waals surface area (Å²) in [5, 5.41) is 0.734. The van der Waals surface area contributed by atoms with Crippen molar-refractivity contribution in [3.8, 4) is 11.3 Å². The molecule has 1 aromatic heterocycles. The standard InChI is InChI=1S/C21H21FN2O3/c1-24-10-4-3-5-14-11-16-18(12-17(14)24)27-20(19(16)21(25)23-26-2)13-6-8-15(22)9-7-13/h6-9,11-12H,3-5,10H2,1-2H3,(H,23,25). The van der Waals surface area contributed by atoms with Crippen LogP contribution in [0.25, 0.3) is 22.3 Å². The first-order chi connectivity index (χ1) is 13.1. The van der Waals surface area contributed by atoms with Gasteiger partial charge in [-0.1, -0.05) is 0 Å². The van der Waals surface area contributed by atoms with E-state index in [2.05, 4.69) is 17.4 Å². The van der Waals surface area contributed by atoms with Crippen LogP contribution in [0, 0.1) is 5.82 Å². The van der Waals surface area contributed by atoms with Crippen LogP contribution in [0.4, 0.5) is 10.1 Å². The van der Waals surface area contributed by atoms with Crippen molar-refractivity contribution in [2.75, 3.05) is 25.6 Å². The first-order valence-corrected chi connectivity index (χ1v) is 8.98. The molecule has 140 valence electrons. The number of anilines is 1. The van der Waals surface area contributed by atoms with E-state index in [0.29, 0.717) is 22.5 Å². The van der Waals surface area contributed by atoms with Gasteiger partial charge in [0.1, 0.15) is 17.2 Å². The molecule has 0 fully saturated rings. The third-order valence-electron chi connectivity index (χ3n) is 5.02. The Kier molecular flexibility index (Phi) is 4.58. The summed E-state index contributed by atoms with van der Waals surface area (Å²) in [4.78, 5) is 19.7. The Morgan fingerprint density at radius 1 is 1.22 bits per heavy atom. The number of benzene rings is 2. The highest BCUT2D eigenvalue weighted by atomic mass is 19.1. The van der Waals surface area contributed by atoms with Crippen LogP contribution in [-0.2, 0) is 11.3 Å². The molecule has 0 saturated heterocycles. The minimum atomic E-state index is -0.391. The molecular weight excluding hydrogens is 347 g/mol. The molecule has 0 spiro atoms. The maximum Gasteiger partial charge on any atom is 0.279 e. The SMILES string of the molecule is CONC(=O)c1c(-c2ccc(F)cc2)oc2cc3c(cc12)CCCCN3C. The molecule has 6 heteroatoms. The molecule has 2 aromatic carbocycles. The Morgan fingerprint density at radius 3 is 2.74 bits per heavy atom. The van der Waals surface area contributed by atoms with E-state index in [9.17, 15) is 9.18 Å². The van der Waals surface area contributed by atoms with Crippen molar-refractivity contribution in [1.29, 1.82) is 0 Å². The smallest absolute Gasteiger partial charge is 0.279 e. The molecule has 4 rings (SSSR count). The number of carbonyl (C=O) groups excluding carboxylic acids is 1. The predicted molar refractivity (Wildman–Crippen MR) is 102 cm³/mol. The molecule has 0 bridgehead atoms. The lowest BCUT2D eigenvalue weighted by Gasteiger charge is -2.19. The zero-order chi connectivity index (χ0) is 19.0. The van der Waals surface area contributed by atoms with Crippen molar-refractivity contribution in [2.45, 2.75) is 19.3 Å². The fourth-order valence-corrected chi connectivity index (χ4v) is 3.69. The van der Waals surface area contributed by atoms with Crippen molar-refractivity contribution in [3.63, 3.8) is 0 Å². The zero-order valence-corrected chi connectivity index (χ0v) is 15.3. The van der Waals surface area contributed by atoms with Crippen molar-refractivity contribution >= 4 is 22.6 Å². The largest absolute Gasteiger partial charge is 0.455 e. The van der Waals surface area contributed by atoms with E-state index < -0.39 is 5.91 Å². The molecule has 1 amide bonds. The normalized spacial score (nSPS) is 14.1. The van der Waals surface area contributed by atoms with Crippen LogP contribution >= 0.6 is 0 Å². The number of carbonyl (C=O) groups is 1. The lowest BCUT2D eigenvalue weighted by molar-refractivity contribution is 0.0539. The average Bonchev–Trinajstić information content (AvgIpc) is 2.93. The van der Waals surface area contributed by atoms with Gasteiger partial charge in [0.05, 0.1) is 12.7 Å². The number of hydroxylamine groups is 1. The number of amides is 1. The Morgan fingerprint density at radius 2 is 2.00 bits per heavy atom. The first-order valence-electron chi connectivity index (χ1n) is 8.98. The molecule has 0 aliphatic carbocycles. The van der Waals surface area contributed by atoms with Crippen LogP contribution in [0.3, 0.4) is 0 Å². The van der Waals surface area contributed by atoms with Gasteiger partial charge >= 0.3 is 0 Å². The lowest BCUT2D eigenvalue weighted by Crippen LogP contribution is -2.22. The van der Waals surface area contributed by atoms with Gasteiger partial charge in [0.2, 0.25) is 0 Å². The van der Waals surface area contributed by atoms with E-state index >= 15 is 0 Å². The number of furan rings is 1. The molecule has 1 N–H and O–H groups in total. The summed E-state index contributed by atoms with van der Waals surface area (Å²) >= 11 is 0. The van der Waals surface area contributed by atoms with E-state index in [1.165, 1.54) is 24.8 Å². The summed E-state index contributed by atoms with van der Waals surface area (Å²) < 4.78 is 19.4. The van der Waals surface area contributed by atoms with Gasteiger partial charge in [0.15, 0.2) is 0 Å². The van der Waals surface area contributed by atoms with Crippen LogP contribution in [0.1, 0.15) is 28.8 Å². The first kappa shape index (κ1) is 17.5. The van der Waals surface area contributed by atoms with Crippen LogP contribution in [0.2, 0.25) is 0 Å². The van der Waals surface area contributed by atoms with Crippen LogP contribution in [-0.4, -0.2) is 26.6 Å². The minimum Gasteiger partial charge on any atom is -0.455 e. The van der Waals surface area contributed by atoms with Gasteiger partial charge in [-0.05, 0) is 55.2 Å². The molecule has 1 aliphatic rings. The molecule has 1 aliphatic heterocycles. The highest BCUT2D eigenvalue weighted by Gasteiger charge is 2.25. The maximum atomic E-state index is 13.3. The van der Waals surface area contributed by atoms with E-state index in [4.69, 9.17) is 9.25 Å². The molecule has 0 atom stereocenters. The molecule has 0 unspecified atom stereocenters. The van der Waals surface area contributed by atoms with E-state index in [1.807, 2.05) is 12.1 Å².